The van der Waals surface area contributed by atoms with Crippen molar-refractivity contribution in [3.63, 3.8) is 0 Å². The van der Waals surface area contributed by atoms with Crippen molar-refractivity contribution < 1.29 is 4.74 Å². The molecule has 2 nitrogen and oxygen atoms in total. The molecule has 10 heavy (non-hydrogen) atoms. The van der Waals surface area contributed by atoms with Gasteiger partial charge in [-0.1, -0.05) is 0 Å². The largest absolute Gasteiger partial charge is 0.373 e. The van der Waals surface area contributed by atoms with Crippen LogP contribution in [-0.2, 0) is 4.74 Å². The quantitative estimate of drug-likeness (QED) is 0.490. The first-order valence-corrected chi connectivity index (χ1v) is 3.95. The van der Waals surface area contributed by atoms with Gasteiger partial charge in [-0.05, 0) is 26.3 Å². The molecule has 0 aliphatic carbocycles. The van der Waals surface area contributed by atoms with Gasteiger partial charge in [0.2, 0.25) is 0 Å². The summed E-state index contributed by atoms with van der Waals surface area (Å²) in [5.41, 5.74) is 0.231. The summed E-state index contributed by atoms with van der Waals surface area (Å²) in [6.45, 7) is 3.20. The summed E-state index contributed by atoms with van der Waals surface area (Å²) >= 11 is 0. The minimum absolute atomic E-state index is 0.231. The zero-order valence-electron chi connectivity index (χ0n) is 6.47. The van der Waals surface area contributed by atoms with Crippen LogP contribution in [-0.4, -0.2) is 37.2 Å². The van der Waals surface area contributed by atoms with Crippen LogP contribution in [0.3, 0.4) is 0 Å². The van der Waals surface area contributed by atoms with Crippen LogP contribution >= 0.6 is 0 Å². The van der Waals surface area contributed by atoms with Crippen LogP contribution in [0.2, 0.25) is 0 Å². The van der Waals surface area contributed by atoms with Crippen molar-refractivity contribution >= 4 is 0 Å². The van der Waals surface area contributed by atoms with Gasteiger partial charge in [-0.25, -0.2) is 0 Å². The third kappa shape index (κ3) is 0.956. The van der Waals surface area contributed by atoms with E-state index in [4.69, 9.17) is 4.74 Å². The van der Waals surface area contributed by atoms with E-state index in [1.807, 2.05) is 0 Å². The predicted molar refractivity (Wildman–Crippen MR) is 39.7 cm³/mol. The summed E-state index contributed by atoms with van der Waals surface area (Å²) in [6, 6.07) is 0. The van der Waals surface area contributed by atoms with Crippen molar-refractivity contribution in [2.24, 2.45) is 0 Å². The first-order chi connectivity index (χ1) is 4.81. The molecule has 2 saturated heterocycles. The molecule has 2 heterocycles. The molecule has 0 bridgehead atoms. The van der Waals surface area contributed by atoms with Gasteiger partial charge in [0.25, 0.3) is 0 Å². The Morgan fingerprint density at radius 2 is 2.50 bits per heavy atom. The Kier molecular flexibility index (Phi) is 1.46. The maximum Gasteiger partial charge on any atom is 0.0824 e. The standard InChI is InChI=1S/C8H14NO/c1-9-5-4-8(7-9)3-2-6-10-8/h2H,3-7H2,1H3/t8-/m0/s1. The van der Waals surface area contributed by atoms with Gasteiger partial charge in [-0.3, -0.25) is 0 Å². The highest BCUT2D eigenvalue weighted by Gasteiger charge is 2.40. The minimum atomic E-state index is 0.231. The number of likely N-dealkylation sites (tertiary alicyclic amines) is 1. The molecule has 0 aromatic heterocycles. The summed E-state index contributed by atoms with van der Waals surface area (Å²) in [4.78, 5) is 2.35. The van der Waals surface area contributed by atoms with Gasteiger partial charge in [0.1, 0.15) is 0 Å². The molecule has 1 atom stereocenters. The Hall–Kier alpha value is -0.0800. The molecular weight excluding hydrogens is 126 g/mol. The van der Waals surface area contributed by atoms with Crippen molar-refractivity contribution in [1.82, 2.24) is 4.90 Å². The third-order valence-electron chi connectivity index (χ3n) is 2.53. The second-order valence-electron chi connectivity index (χ2n) is 3.47. The fourth-order valence-corrected chi connectivity index (χ4v) is 1.95. The topological polar surface area (TPSA) is 12.5 Å². The highest BCUT2D eigenvalue weighted by atomic mass is 16.5. The molecule has 1 spiro atoms. The molecule has 2 aliphatic heterocycles. The van der Waals surface area contributed by atoms with E-state index in [2.05, 4.69) is 18.4 Å². The fourth-order valence-electron chi connectivity index (χ4n) is 1.95. The second kappa shape index (κ2) is 2.21. The molecule has 2 aliphatic rings. The lowest BCUT2D eigenvalue weighted by atomic mass is 10.00. The van der Waals surface area contributed by atoms with E-state index in [0.717, 1.165) is 19.6 Å². The van der Waals surface area contributed by atoms with Crippen molar-refractivity contribution in [1.29, 1.82) is 0 Å². The Morgan fingerprint density at radius 1 is 1.60 bits per heavy atom. The van der Waals surface area contributed by atoms with E-state index in [9.17, 15) is 0 Å². The van der Waals surface area contributed by atoms with E-state index in [-0.39, 0.29) is 5.60 Å². The molecule has 1 radical (unpaired) electrons. The molecule has 0 unspecified atom stereocenters. The molecule has 0 aromatic rings. The van der Waals surface area contributed by atoms with Crippen molar-refractivity contribution in [3.8, 4) is 0 Å². The molecular formula is C8H14NO. The van der Waals surface area contributed by atoms with Crippen LogP contribution in [0, 0.1) is 6.42 Å². The van der Waals surface area contributed by atoms with E-state index in [1.165, 1.54) is 13.0 Å². The molecule has 2 rings (SSSR count). The van der Waals surface area contributed by atoms with Crippen LogP contribution < -0.4 is 0 Å². The monoisotopic (exact) mass is 140 g/mol. The zero-order chi connectivity index (χ0) is 7.03. The van der Waals surface area contributed by atoms with Crippen LogP contribution in [0.15, 0.2) is 0 Å². The SMILES string of the molecule is CN1CC[C@@]2(C[CH]CO2)C1. The molecule has 0 aromatic carbocycles. The molecule has 57 valence electrons. The van der Waals surface area contributed by atoms with Gasteiger partial charge >= 0.3 is 0 Å². The lowest BCUT2D eigenvalue weighted by Crippen LogP contribution is -2.30. The van der Waals surface area contributed by atoms with Crippen molar-refractivity contribution in [3.05, 3.63) is 6.42 Å². The van der Waals surface area contributed by atoms with Crippen LogP contribution in [0.1, 0.15) is 12.8 Å². The normalized spacial score (nSPS) is 41.7. The average molecular weight is 140 g/mol. The maximum absolute atomic E-state index is 5.67. The first-order valence-electron chi connectivity index (χ1n) is 3.95. The van der Waals surface area contributed by atoms with E-state index >= 15 is 0 Å². The van der Waals surface area contributed by atoms with E-state index in [1.54, 1.807) is 0 Å². The van der Waals surface area contributed by atoms with Crippen LogP contribution in [0.25, 0.3) is 0 Å². The summed E-state index contributed by atoms with van der Waals surface area (Å²) in [7, 11) is 2.16. The first kappa shape index (κ1) is 6.62. The molecule has 0 amide bonds. The Morgan fingerprint density at radius 3 is 3.00 bits per heavy atom. The van der Waals surface area contributed by atoms with Gasteiger partial charge < -0.3 is 9.64 Å². The second-order valence-corrected chi connectivity index (χ2v) is 3.47. The Bertz CT molecular complexity index is 129. The summed E-state index contributed by atoms with van der Waals surface area (Å²) in [5.74, 6) is 0. The molecule has 2 fully saturated rings. The van der Waals surface area contributed by atoms with Gasteiger partial charge in [-0.15, -0.1) is 0 Å². The molecule has 2 heteroatoms. The van der Waals surface area contributed by atoms with E-state index in [0.29, 0.717) is 0 Å². The van der Waals surface area contributed by atoms with Crippen molar-refractivity contribution in [2.45, 2.75) is 18.4 Å². The van der Waals surface area contributed by atoms with Gasteiger partial charge in [0.15, 0.2) is 0 Å². The number of ether oxygens (including phenoxy) is 1. The number of likely N-dealkylation sites (N-methyl/N-ethyl adjacent to an activating group) is 1. The lowest BCUT2D eigenvalue weighted by molar-refractivity contribution is 0.0153. The third-order valence-corrected chi connectivity index (χ3v) is 2.53. The fraction of sp³-hybridized carbons (Fsp3) is 0.875. The van der Waals surface area contributed by atoms with Crippen LogP contribution in [0.5, 0.6) is 0 Å². The number of rotatable bonds is 0. The predicted octanol–water partition coefficient (Wildman–Crippen LogP) is 0.685. The Labute approximate surface area is 62.2 Å². The molecule has 0 N–H and O–H groups in total. The average Bonchev–Trinajstić information content (AvgIpc) is 2.46. The number of hydrogen-bond donors (Lipinski definition) is 0. The van der Waals surface area contributed by atoms with Crippen molar-refractivity contribution in [2.75, 3.05) is 26.7 Å². The maximum atomic E-state index is 5.67. The smallest absolute Gasteiger partial charge is 0.0824 e. The Balaban J connectivity index is 2.03. The zero-order valence-corrected chi connectivity index (χ0v) is 6.47. The highest BCUT2D eigenvalue weighted by Crippen LogP contribution is 2.33. The van der Waals surface area contributed by atoms with E-state index < -0.39 is 0 Å². The van der Waals surface area contributed by atoms with Gasteiger partial charge in [-0.2, -0.15) is 0 Å². The molecule has 0 saturated carbocycles. The number of hydrogen-bond acceptors (Lipinski definition) is 2. The van der Waals surface area contributed by atoms with Gasteiger partial charge in [0, 0.05) is 13.1 Å². The summed E-state index contributed by atoms with van der Waals surface area (Å²) < 4.78 is 5.67. The van der Waals surface area contributed by atoms with Gasteiger partial charge in [0.05, 0.1) is 12.2 Å². The highest BCUT2D eigenvalue weighted by molar-refractivity contribution is 4.98. The number of nitrogens with zero attached hydrogens (tertiary/aromatic N) is 1. The summed E-state index contributed by atoms with van der Waals surface area (Å²) in [5, 5.41) is 0. The minimum Gasteiger partial charge on any atom is -0.373 e. The van der Waals surface area contributed by atoms with Crippen LogP contribution in [0.4, 0.5) is 0 Å². The lowest BCUT2D eigenvalue weighted by Gasteiger charge is -2.21. The summed E-state index contributed by atoms with van der Waals surface area (Å²) in [6.07, 6.45) is 4.64.